The summed E-state index contributed by atoms with van der Waals surface area (Å²) in [6.07, 6.45) is 7.44. The number of benzene rings is 3. The summed E-state index contributed by atoms with van der Waals surface area (Å²) in [5.41, 5.74) is 3.72. The molecule has 4 aromatic rings. The van der Waals surface area contributed by atoms with Gasteiger partial charge in [-0.05, 0) is 114 Å². The zero-order valence-electron chi connectivity index (χ0n) is 28.1. The number of carbonyl (C=O) groups is 1. The van der Waals surface area contributed by atoms with Crippen LogP contribution in [-0.2, 0) is 15.4 Å². The molecule has 3 aliphatic rings. The Bertz CT molecular complexity index is 1890. The van der Waals surface area contributed by atoms with Crippen molar-refractivity contribution in [2.75, 3.05) is 19.6 Å². The Morgan fingerprint density at radius 1 is 0.958 bits per heavy atom. The molecule has 3 fully saturated rings. The number of nitrogens with zero attached hydrogens (tertiary/aromatic N) is 4. The zero-order chi connectivity index (χ0) is 33.6. The third-order valence-electron chi connectivity index (χ3n) is 11.1. The molecule has 7 rings (SSSR count). The Labute approximate surface area is 289 Å². The SMILES string of the molecule is Cc1nc2ccccc2n1C1CC2CCC(C1)N2CCC1(c2ccccc2)CCN(C(=O)c2cc(Cl)ccc2S(=O)(=O)NC(C)C)CC1. The fourth-order valence-corrected chi connectivity index (χ4v) is 10.5. The summed E-state index contributed by atoms with van der Waals surface area (Å²) < 4.78 is 31.5. The van der Waals surface area contributed by atoms with E-state index in [1.807, 2.05) is 4.90 Å². The number of fused-ring (bicyclic) bond motifs is 3. The van der Waals surface area contributed by atoms with Crippen LogP contribution in [0, 0.1) is 6.92 Å². The molecule has 1 N–H and O–H groups in total. The van der Waals surface area contributed by atoms with Gasteiger partial charge < -0.3 is 9.47 Å². The van der Waals surface area contributed by atoms with Crippen molar-refractivity contribution in [3.8, 4) is 0 Å². The third kappa shape index (κ3) is 6.30. The summed E-state index contributed by atoms with van der Waals surface area (Å²) in [7, 11) is -3.88. The van der Waals surface area contributed by atoms with Crippen LogP contribution in [0.25, 0.3) is 11.0 Å². The highest BCUT2D eigenvalue weighted by Gasteiger charge is 2.44. The first-order valence-corrected chi connectivity index (χ1v) is 19.3. The van der Waals surface area contributed by atoms with Crippen LogP contribution >= 0.6 is 11.6 Å². The molecule has 2 unspecified atom stereocenters. The van der Waals surface area contributed by atoms with Gasteiger partial charge >= 0.3 is 0 Å². The van der Waals surface area contributed by atoms with Crippen LogP contribution in [0.15, 0.2) is 77.7 Å². The number of aryl methyl sites for hydroxylation is 1. The zero-order valence-corrected chi connectivity index (χ0v) is 29.7. The van der Waals surface area contributed by atoms with Crippen LogP contribution in [0.5, 0.6) is 0 Å². The molecule has 0 aliphatic carbocycles. The lowest BCUT2D eigenvalue weighted by Gasteiger charge is -2.45. The number of hydrogen-bond acceptors (Lipinski definition) is 5. The van der Waals surface area contributed by atoms with Crippen molar-refractivity contribution >= 4 is 38.6 Å². The van der Waals surface area contributed by atoms with Gasteiger partial charge in [-0.1, -0.05) is 54.1 Å². The van der Waals surface area contributed by atoms with E-state index >= 15 is 0 Å². The number of imidazole rings is 1. The number of para-hydroxylation sites is 2. The monoisotopic (exact) mass is 687 g/mol. The van der Waals surface area contributed by atoms with Crippen molar-refractivity contribution in [3.05, 3.63) is 94.8 Å². The summed E-state index contributed by atoms with van der Waals surface area (Å²) in [4.78, 5) is 23.4. The number of amides is 1. The Morgan fingerprint density at radius 2 is 1.62 bits per heavy atom. The van der Waals surface area contributed by atoms with Crippen LogP contribution in [0.1, 0.15) is 86.6 Å². The van der Waals surface area contributed by atoms with Gasteiger partial charge in [0.25, 0.3) is 5.91 Å². The minimum Gasteiger partial charge on any atom is -0.339 e. The van der Waals surface area contributed by atoms with Gasteiger partial charge in [0.05, 0.1) is 21.5 Å². The average molecular weight is 688 g/mol. The van der Waals surface area contributed by atoms with E-state index in [-0.39, 0.29) is 27.8 Å². The fraction of sp³-hybridized carbons (Fsp3) is 0.474. The van der Waals surface area contributed by atoms with Gasteiger partial charge in [0.1, 0.15) is 5.82 Å². The fourth-order valence-electron chi connectivity index (χ4n) is 8.85. The number of carbonyl (C=O) groups excluding carboxylic acids is 1. The number of halogens is 1. The van der Waals surface area contributed by atoms with Gasteiger partial charge in [-0.25, -0.2) is 18.1 Å². The molecular formula is C38H46ClN5O3S. The van der Waals surface area contributed by atoms with E-state index in [0.29, 0.717) is 36.2 Å². The maximum atomic E-state index is 13.9. The number of likely N-dealkylation sites (tertiary alicyclic amines) is 1. The van der Waals surface area contributed by atoms with Crippen LogP contribution in [0.2, 0.25) is 5.02 Å². The summed E-state index contributed by atoms with van der Waals surface area (Å²) in [5.74, 6) is 0.822. The number of hydrogen-bond donors (Lipinski definition) is 1. The van der Waals surface area contributed by atoms with Gasteiger partial charge in [-0.3, -0.25) is 9.69 Å². The van der Waals surface area contributed by atoms with Crippen LogP contribution in [0.4, 0.5) is 0 Å². The second-order valence-corrected chi connectivity index (χ2v) is 16.5. The number of piperidine rings is 2. The molecule has 254 valence electrons. The summed E-state index contributed by atoms with van der Waals surface area (Å²) in [6.45, 7) is 7.81. The molecule has 3 aromatic carbocycles. The molecule has 3 aliphatic heterocycles. The minimum atomic E-state index is -3.88. The smallest absolute Gasteiger partial charge is 0.255 e. The lowest BCUT2D eigenvalue weighted by Crippen LogP contribution is -2.49. The van der Waals surface area contributed by atoms with E-state index in [1.165, 1.54) is 42.1 Å². The van der Waals surface area contributed by atoms with Crippen molar-refractivity contribution in [2.24, 2.45) is 0 Å². The highest BCUT2D eigenvalue weighted by molar-refractivity contribution is 7.89. The van der Waals surface area contributed by atoms with Crippen LogP contribution in [0.3, 0.4) is 0 Å². The number of sulfonamides is 1. The lowest BCUT2D eigenvalue weighted by molar-refractivity contribution is 0.0603. The van der Waals surface area contributed by atoms with Crippen molar-refractivity contribution in [1.82, 2.24) is 24.1 Å². The van der Waals surface area contributed by atoms with Gasteiger partial charge in [0, 0.05) is 42.3 Å². The molecule has 0 spiro atoms. The van der Waals surface area contributed by atoms with Crippen LogP contribution < -0.4 is 4.72 Å². The Hall–Kier alpha value is -3.24. The Kier molecular flexibility index (Phi) is 9.17. The molecule has 1 aromatic heterocycles. The minimum absolute atomic E-state index is 0.0248. The van der Waals surface area contributed by atoms with E-state index < -0.39 is 10.0 Å². The number of aromatic nitrogens is 2. The largest absolute Gasteiger partial charge is 0.339 e. The Balaban J connectivity index is 1.08. The number of nitrogens with one attached hydrogen (secondary N) is 1. The maximum Gasteiger partial charge on any atom is 0.255 e. The topological polar surface area (TPSA) is 87.5 Å². The van der Waals surface area contributed by atoms with Crippen molar-refractivity contribution in [1.29, 1.82) is 0 Å². The van der Waals surface area contributed by atoms with Gasteiger partial charge in [-0.2, -0.15) is 0 Å². The van der Waals surface area contributed by atoms with E-state index in [9.17, 15) is 13.2 Å². The molecule has 0 radical (unpaired) electrons. The predicted molar refractivity (Wildman–Crippen MR) is 191 cm³/mol. The molecule has 10 heteroatoms. The summed E-state index contributed by atoms with van der Waals surface area (Å²) >= 11 is 6.30. The standard InChI is InChI=1S/C38H46ClN5O3S/c1-26(2)41-48(46,47)36-16-13-29(39)23-33(36)37(45)42-20-17-38(18-21-42,28-9-5-4-6-10-28)19-22-43-30-14-15-31(43)25-32(24-30)44-27(3)40-34-11-7-8-12-35(34)44/h4-13,16,23,26,30-32,41H,14-15,17-22,24-25H2,1-3H3. The first-order chi connectivity index (χ1) is 23.0. The highest BCUT2D eigenvalue weighted by atomic mass is 35.5. The maximum absolute atomic E-state index is 13.9. The number of rotatable bonds is 9. The van der Waals surface area contributed by atoms with E-state index in [4.69, 9.17) is 16.6 Å². The van der Waals surface area contributed by atoms with Crippen molar-refractivity contribution < 1.29 is 13.2 Å². The normalized spacial score (nSPS) is 22.9. The van der Waals surface area contributed by atoms with Crippen molar-refractivity contribution in [2.45, 2.75) is 100 Å². The summed E-state index contributed by atoms with van der Waals surface area (Å²) in [6, 6.07) is 25.0. The molecule has 4 heterocycles. The summed E-state index contributed by atoms with van der Waals surface area (Å²) in [5, 5.41) is 0.340. The first-order valence-electron chi connectivity index (χ1n) is 17.4. The second-order valence-electron chi connectivity index (χ2n) is 14.4. The molecular weight excluding hydrogens is 642 g/mol. The molecule has 2 bridgehead atoms. The van der Waals surface area contributed by atoms with E-state index in [2.05, 4.69) is 75.7 Å². The molecule has 2 atom stereocenters. The molecule has 48 heavy (non-hydrogen) atoms. The molecule has 1 amide bonds. The van der Waals surface area contributed by atoms with E-state index in [1.54, 1.807) is 13.8 Å². The molecule has 3 saturated heterocycles. The quantitative estimate of drug-likeness (QED) is 0.203. The molecule has 8 nitrogen and oxygen atoms in total. The lowest BCUT2D eigenvalue weighted by atomic mass is 9.70. The first kappa shape index (κ1) is 33.3. The van der Waals surface area contributed by atoms with Crippen LogP contribution in [-0.4, -0.2) is 71.4 Å². The predicted octanol–water partition coefficient (Wildman–Crippen LogP) is 7.12. The third-order valence-corrected chi connectivity index (χ3v) is 13.0. The van der Waals surface area contributed by atoms with E-state index in [0.717, 1.165) is 50.0 Å². The van der Waals surface area contributed by atoms with Gasteiger partial charge in [0.15, 0.2) is 0 Å². The molecule has 0 saturated carbocycles. The van der Waals surface area contributed by atoms with Gasteiger partial charge in [0.2, 0.25) is 10.0 Å². The Morgan fingerprint density at radius 3 is 2.31 bits per heavy atom. The average Bonchev–Trinajstić information content (AvgIpc) is 3.53. The highest BCUT2D eigenvalue weighted by Crippen LogP contribution is 2.45. The second kappa shape index (κ2) is 13.2. The van der Waals surface area contributed by atoms with Crippen molar-refractivity contribution in [3.63, 3.8) is 0 Å². The van der Waals surface area contributed by atoms with Gasteiger partial charge in [-0.15, -0.1) is 0 Å².